The first-order chi connectivity index (χ1) is 11.4. The van der Waals surface area contributed by atoms with Crippen molar-refractivity contribution >= 4 is 17.6 Å². The largest absolute Gasteiger partial charge is 0.491 e. The van der Waals surface area contributed by atoms with Crippen molar-refractivity contribution in [2.45, 2.75) is 39.3 Å². The molecule has 6 heteroatoms. The number of anilines is 1. The summed E-state index contributed by atoms with van der Waals surface area (Å²) in [5.41, 5.74) is 1.76. The third-order valence-corrected chi connectivity index (χ3v) is 4.06. The lowest BCUT2D eigenvalue weighted by Gasteiger charge is -2.20. The van der Waals surface area contributed by atoms with Gasteiger partial charge in [-0.15, -0.1) is 0 Å². The van der Waals surface area contributed by atoms with Crippen molar-refractivity contribution < 1.29 is 19.1 Å². The molecule has 0 radical (unpaired) electrons. The Morgan fingerprint density at radius 1 is 1.42 bits per heavy atom. The number of carbonyl (C=O) groups excluding carboxylic acids is 2. The number of fused-ring (bicyclic) bond motifs is 1. The van der Waals surface area contributed by atoms with Crippen molar-refractivity contribution in [2.75, 3.05) is 26.1 Å². The van der Waals surface area contributed by atoms with Crippen LogP contribution in [0.2, 0.25) is 0 Å². The highest BCUT2D eigenvalue weighted by atomic mass is 16.5. The van der Waals surface area contributed by atoms with Crippen LogP contribution in [0.15, 0.2) is 18.2 Å². The third kappa shape index (κ3) is 4.40. The molecule has 0 saturated heterocycles. The first-order valence-electron chi connectivity index (χ1n) is 8.25. The van der Waals surface area contributed by atoms with Crippen LogP contribution in [0.25, 0.3) is 0 Å². The van der Waals surface area contributed by atoms with E-state index < -0.39 is 12.0 Å². The Hall–Kier alpha value is -2.24. The van der Waals surface area contributed by atoms with Gasteiger partial charge in [-0.05, 0) is 24.0 Å². The van der Waals surface area contributed by atoms with Crippen LogP contribution in [0.3, 0.4) is 0 Å². The standard InChI is InChI=1S/C18H26N2O4/c1-12(2)8-9-24-15-7-5-6-13-11-20(3)18(22)14(19-17(13)15)10-16(21)23-4/h5-7,12,14,19H,8-11H2,1-4H3. The van der Waals surface area contributed by atoms with Crippen LogP contribution in [-0.2, 0) is 20.9 Å². The molecule has 1 heterocycles. The molecular formula is C18H26N2O4. The van der Waals surface area contributed by atoms with Crippen molar-refractivity contribution in [3.8, 4) is 5.75 Å². The second-order valence-electron chi connectivity index (χ2n) is 6.49. The second-order valence-corrected chi connectivity index (χ2v) is 6.49. The molecule has 0 aliphatic carbocycles. The fourth-order valence-electron chi connectivity index (χ4n) is 2.62. The van der Waals surface area contributed by atoms with E-state index in [0.717, 1.165) is 17.7 Å². The summed E-state index contributed by atoms with van der Waals surface area (Å²) in [7, 11) is 3.05. The lowest BCUT2D eigenvalue weighted by Crippen LogP contribution is -2.39. The number of benzene rings is 1. The normalized spacial score (nSPS) is 17.1. The Bertz CT molecular complexity index is 601. The third-order valence-electron chi connectivity index (χ3n) is 4.06. The molecule has 0 aromatic heterocycles. The number of hydrogen-bond acceptors (Lipinski definition) is 5. The number of amides is 1. The number of ether oxygens (including phenoxy) is 2. The quantitative estimate of drug-likeness (QED) is 0.809. The average molecular weight is 334 g/mol. The Labute approximate surface area is 143 Å². The highest BCUT2D eigenvalue weighted by molar-refractivity contribution is 5.91. The molecule has 132 valence electrons. The zero-order valence-corrected chi connectivity index (χ0v) is 14.8. The summed E-state index contributed by atoms with van der Waals surface area (Å²) < 4.78 is 10.6. The van der Waals surface area contributed by atoms with Crippen molar-refractivity contribution in [3.63, 3.8) is 0 Å². The van der Waals surface area contributed by atoms with Gasteiger partial charge in [-0.3, -0.25) is 9.59 Å². The van der Waals surface area contributed by atoms with Gasteiger partial charge in [0.05, 0.1) is 25.8 Å². The summed E-state index contributed by atoms with van der Waals surface area (Å²) in [5, 5.41) is 3.19. The maximum atomic E-state index is 12.5. The summed E-state index contributed by atoms with van der Waals surface area (Å²) in [5.74, 6) is 0.715. The molecule has 0 spiro atoms. The lowest BCUT2D eigenvalue weighted by molar-refractivity contribution is -0.143. The topological polar surface area (TPSA) is 67.9 Å². The fourth-order valence-corrected chi connectivity index (χ4v) is 2.62. The maximum Gasteiger partial charge on any atom is 0.308 e. The Balaban J connectivity index is 2.24. The van der Waals surface area contributed by atoms with Crippen LogP contribution < -0.4 is 10.1 Å². The summed E-state index contributed by atoms with van der Waals surface area (Å²) >= 11 is 0. The number of rotatable bonds is 6. The van der Waals surface area contributed by atoms with Crippen LogP contribution in [0.5, 0.6) is 5.75 Å². The van der Waals surface area contributed by atoms with Crippen LogP contribution in [0, 0.1) is 5.92 Å². The molecule has 1 amide bonds. The molecule has 0 fully saturated rings. The predicted molar refractivity (Wildman–Crippen MR) is 91.9 cm³/mol. The molecule has 1 aliphatic rings. The molecule has 24 heavy (non-hydrogen) atoms. The number of likely N-dealkylation sites (N-methyl/N-ethyl adjacent to an activating group) is 1. The number of esters is 1. The van der Waals surface area contributed by atoms with E-state index in [-0.39, 0.29) is 12.3 Å². The van der Waals surface area contributed by atoms with E-state index in [1.165, 1.54) is 7.11 Å². The summed E-state index contributed by atoms with van der Waals surface area (Å²) in [6.45, 7) is 5.38. The van der Waals surface area contributed by atoms with Gasteiger partial charge in [0.1, 0.15) is 11.8 Å². The molecular weight excluding hydrogens is 308 g/mol. The first-order valence-corrected chi connectivity index (χ1v) is 8.25. The fraction of sp³-hybridized carbons (Fsp3) is 0.556. The molecule has 0 saturated carbocycles. The van der Waals surface area contributed by atoms with E-state index in [0.29, 0.717) is 24.8 Å². The summed E-state index contributed by atoms with van der Waals surface area (Å²) in [6.07, 6.45) is 0.938. The van der Waals surface area contributed by atoms with Gasteiger partial charge in [-0.2, -0.15) is 0 Å². The SMILES string of the molecule is COC(=O)CC1Nc2c(cccc2OCCC(C)C)CN(C)C1=O. The van der Waals surface area contributed by atoms with E-state index in [2.05, 4.69) is 19.2 Å². The number of methoxy groups -OCH3 is 1. The predicted octanol–water partition coefficient (Wildman–Crippen LogP) is 2.43. The lowest BCUT2D eigenvalue weighted by atomic mass is 10.1. The van der Waals surface area contributed by atoms with E-state index in [1.807, 2.05) is 18.2 Å². The maximum absolute atomic E-state index is 12.5. The van der Waals surface area contributed by atoms with Crippen LogP contribution in [0.1, 0.15) is 32.3 Å². The molecule has 1 N–H and O–H groups in total. The molecule has 1 aliphatic heterocycles. The van der Waals surface area contributed by atoms with Gasteiger partial charge in [0.2, 0.25) is 5.91 Å². The number of hydrogen-bond donors (Lipinski definition) is 1. The van der Waals surface area contributed by atoms with Gasteiger partial charge in [0, 0.05) is 13.6 Å². The van der Waals surface area contributed by atoms with E-state index in [4.69, 9.17) is 9.47 Å². The molecule has 1 atom stereocenters. The molecule has 1 unspecified atom stereocenters. The second kappa shape index (κ2) is 8.04. The van der Waals surface area contributed by atoms with Gasteiger partial charge >= 0.3 is 5.97 Å². The first kappa shape index (κ1) is 18.1. The minimum absolute atomic E-state index is 0.0144. The van der Waals surface area contributed by atoms with Gasteiger partial charge in [-0.25, -0.2) is 0 Å². The van der Waals surface area contributed by atoms with Crippen LogP contribution >= 0.6 is 0 Å². The molecule has 2 rings (SSSR count). The van der Waals surface area contributed by atoms with Crippen molar-refractivity contribution in [1.29, 1.82) is 0 Å². The van der Waals surface area contributed by atoms with Crippen molar-refractivity contribution in [3.05, 3.63) is 23.8 Å². The highest BCUT2D eigenvalue weighted by Gasteiger charge is 2.30. The molecule has 0 bridgehead atoms. The van der Waals surface area contributed by atoms with E-state index >= 15 is 0 Å². The van der Waals surface area contributed by atoms with E-state index in [1.54, 1.807) is 11.9 Å². The van der Waals surface area contributed by atoms with Crippen molar-refractivity contribution in [2.24, 2.45) is 5.92 Å². The van der Waals surface area contributed by atoms with Gasteiger partial charge in [0.25, 0.3) is 0 Å². The van der Waals surface area contributed by atoms with Gasteiger partial charge in [0.15, 0.2) is 0 Å². The Morgan fingerprint density at radius 3 is 2.83 bits per heavy atom. The number of nitrogens with zero attached hydrogens (tertiary/aromatic N) is 1. The zero-order valence-electron chi connectivity index (χ0n) is 14.8. The smallest absolute Gasteiger partial charge is 0.308 e. The highest BCUT2D eigenvalue weighted by Crippen LogP contribution is 2.33. The van der Waals surface area contributed by atoms with Crippen LogP contribution in [0.4, 0.5) is 5.69 Å². The van der Waals surface area contributed by atoms with E-state index in [9.17, 15) is 9.59 Å². The van der Waals surface area contributed by atoms with Crippen molar-refractivity contribution in [1.82, 2.24) is 4.90 Å². The number of para-hydroxylation sites is 1. The zero-order chi connectivity index (χ0) is 17.7. The summed E-state index contributed by atoms with van der Waals surface area (Å²) in [6, 6.07) is 5.11. The number of nitrogens with one attached hydrogen (secondary N) is 1. The average Bonchev–Trinajstić information content (AvgIpc) is 2.65. The van der Waals surface area contributed by atoms with Gasteiger partial charge < -0.3 is 19.7 Å². The summed E-state index contributed by atoms with van der Waals surface area (Å²) in [4.78, 5) is 25.7. The Morgan fingerprint density at radius 2 is 2.17 bits per heavy atom. The minimum atomic E-state index is -0.654. The molecule has 1 aromatic rings. The van der Waals surface area contributed by atoms with Gasteiger partial charge in [-0.1, -0.05) is 26.0 Å². The molecule has 6 nitrogen and oxygen atoms in total. The number of carbonyl (C=O) groups is 2. The van der Waals surface area contributed by atoms with Crippen LogP contribution in [-0.4, -0.2) is 43.6 Å². The monoisotopic (exact) mass is 334 g/mol. The molecule has 1 aromatic carbocycles. The Kier molecular flexibility index (Phi) is 6.06. The minimum Gasteiger partial charge on any atom is -0.491 e.